The molecule has 2 rings (SSSR count). The van der Waals surface area contributed by atoms with Gasteiger partial charge < -0.3 is 10.1 Å². The van der Waals surface area contributed by atoms with Crippen LogP contribution in [0.2, 0.25) is 0 Å². The number of hydrogen-bond donors (Lipinski definition) is 2. The summed E-state index contributed by atoms with van der Waals surface area (Å²) in [5.41, 5.74) is 2.11. The van der Waals surface area contributed by atoms with Crippen LogP contribution in [0.15, 0.2) is 18.2 Å². The lowest BCUT2D eigenvalue weighted by Gasteiger charge is -2.30. The van der Waals surface area contributed by atoms with Gasteiger partial charge in [-0.15, -0.1) is 0 Å². The van der Waals surface area contributed by atoms with Crippen LogP contribution in [0.4, 0.5) is 8.78 Å². The molecule has 7 heteroatoms. The van der Waals surface area contributed by atoms with E-state index in [-0.39, 0.29) is 16.9 Å². The number of rotatable bonds is 3. The van der Waals surface area contributed by atoms with Crippen LogP contribution < -0.4 is 5.48 Å². The van der Waals surface area contributed by atoms with E-state index < -0.39 is 17.8 Å². The van der Waals surface area contributed by atoms with E-state index in [0.29, 0.717) is 4.32 Å². The van der Waals surface area contributed by atoms with E-state index in [9.17, 15) is 14.0 Å². The molecule has 1 aromatic carbocycles. The average molecular weight is 304 g/mol. The molecule has 1 aromatic rings. The number of hydroxylamine groups is 1. The monoisotopic (exact) mass is 304 g/mol. The molecule has 0 amide bonds. The van der Waals surface area contributed by atoms with Crippen LogP contribution in [0.3, 0.4) is 0 Å². The van der Waals surface area contributed by atoms with Crippen molar-refractivity contribution >= 4 is 28.3 Å². The Balaban J connectivity index is 2.30. The van der Waals surface area contributed by atoms with Gasteiger partial charge in [0.05, 0.1) is 11.3 Å². The van der Waals surface area contributed by atoms with Crippen LogP contribution in [-0.4, -0.2) is 25.3 Å². The summed E-state index contributed by atoms with van der Waals surface area (Å²) < 4.78 is 27.4. The van der Waals surface area contributed by atoms with Gasteiger partial charge in [0.15, 0.2) is 0 Å². The summed E-state index contributed by atoms with van der Waals surface area (Å²) in [7, 11) is 0. The van der Waals surface area contributed by atoms with Crippen LogP contribution in [0.1, 0.15) is 19.4 Å². The van der Waals surface area contributed by atoms with Crippen molar-refractivity contribution in [2.75, 3.05) is 0 Å². The molecule has 1 unspecified atom stereocenters. The molecule has 1 aliphatic rings. The SMILES string of the molecule is CC1(C)SC(=S)N(Cc2c(F)cccc2F)C1NO. The van der Waals surface area contributed by atoms with Crippen molar-refractivity contribution in [1.82, 2.24) is 10.4 Å². The van der Waals surface area contributed by atoms with Crippen LogP contribution in [0.5, 0.6) is 0 Å². The summed E-state index contributed by atoms with van der Waals surface area (Å²) in [5, 5.41) is 9.25. The van der Waals surface area contributed by atoms with Crippen molar-refractivity contribution in [3.05, 3.63) is 35.4 Å². The molecule has 1 atom stereocenters. The van der Waals surface area contributed by atoms with E-state index in [4.69, 9.17) is 12.2 Å². The van der Waals surface area contributed by atoms with Crippen LogP contribution in [0, 0.1) is 11.6 Å². The predicted molar refractivity (Wildman–Crippen MR) is 74.9 cm³/mol. The zero-order chi connectivity index (χ0) is 14.2. The standard InChI is InChI=1S/C12H14F2N2OS2/c1-12(2)10(15-17)16(11(18)19-12)6-7-8(13)4-3-5-9(7)14/h3-5,10,15,17H,6H2,1-2H3. The smallest absolute Gasteiger partial charge is 0.138 e. The average Bonchev–Trinajstić information content (AvgIpc) is 2.52. The Morgan fingerprint density at radius 3 is 2.53 bits per heavy atom. The number of nitrogens with one attached hydrogen (secondary N) is 1. The first-order chi connectivity index (χ1) is 8.86. The maximum Gasteiger partial charge on any atom is 0.138 e. The maximum atomic E-state index is 13.7. The highest BCUT2D eigenvalue weighted by Crippen LogP contribution is 2.40. The highest BCUT2D eigenvalue weighted by atomic mass is 32.2. The van der Waals surface area contributed by atoms with Gasteiger partial charge in [0, 0.05) is 5.56 Å². The summed E-state index contributed by atoms with van der Waals surface area (Å²) in [6.45, 7) is 3.77. The Kier molecular flexibility index (Phi) is 4.10. The highest BCUT2D eigenvalue weighted by Gasteiger charge is 2.44. The molecular weight excluding hydrogens is 290 g/mol. The van der Waals surface area contributed by atoms with Crippen molar-refractivity contribution < 1.29 is 14.0 Å². The lowest BCUT2D eigenvalue weighted by atomic mass is 10.1. The minimum atomic E-state index is -0.616. The predicted octanol–water partition coefficient (Wildman–Crippen LogP) is 2.88. The lowest BCUT2D eigenvalue weighted by molar-refractivity contribution is 0.0535. The zero-order valence-electron chi connectivity index (χ0n) is 10.5. The molecule has 3 nitrogen and oxygen atoms in total. The molecule has 1 fully saturated rings. The third-order valence-electron chi connectivity index (χ3n) is 3.07. The van der Waals surface area contributed by atoms with Gasteiger partial charge in [-0.25, -0.2) is 8.78 Å². The first kappa shape index (κ1) is 14.6. The van der Waals surface area contributed by atoms with E-state index >= 15 is 0 Å². The molecule has 104 valence electrons. The fraction of sp³-hybridized carbons (Fsp3) is 0.417. The van der Waals surface area contributed by atoms with Crippen LogP contribution in [-0.2, 0) is 6.54 Å². The maximum absolute atomic E-state index is 13.7. The molecule has 0 saturated carbocycles. The second-order valence-electron chi connectivity index (χ2n) is 4.83. The van der Waals surface area contributed by atoms with E-state index in [1.165, 1.54) is 30.0 Å². The minimum absolute atomic E-state index is 0.0218. The molecule has 1 aliphatic heterocycles. The molecule has 2 N–H and O–H groups in total. The van der Waals surface area contributed by atoms with Crippen LogP contribution >= 0.6 is 24.0 Å². The fourth-order valence-electron chi connectivity index (χ4n) is 2.05. The van der Waals surface area contributed by atoms with Crippen molar-refractivity contribution in [2.24, 2.45) is 0 Å². The van der Waals surface area contributed by atoms with E-state index in [2.05, 4.69) is 5.48 Å². The Morgan fingerprint density at radius 1 is 1.42 bits per heavy atom. The van der Waals surface area contributed by atoms with Crippen molar-refractivity contribution in [3.8, 4) is 0 Å². The highest BCUT2D eigenvalue weighted by molar-refractivity contribution is 8.24. The van der Waals surface area contributed by atoms with Gasteiger partial charge in [-0.05, 0) is 26.0 Å². The Morgan fingerprint density at radius 2 is 2.00 bits per heavy atom. The number of thioether (sulfide) groups is 1. The molecule has 0 radical (unpaired) electrons. The second kappa shape index (κ2) is 5.32. The van der Waals surface area contributed by atoms with E-state index in [1.54, 1.807) is 4.90 Å². The third kappa shape index (κ3) is 2.74. The quantitative estimate of drug-likeness (QED) is 0.663. The number of hydrogen-bond acceptors (Lipinski definition) is 4. The molecule has 0 bridgehead atoms. The minimum Gasteiger partial charge on any atom is -0.334 e. The van der Waals surface area contributed by atoms with Crippen molar-refractivity contribution in [1.29, 1.82) is 0 Å². The topological polar surface area (TPSA) is 35.5 Å². The van der Waals surface area contributed by atoms with Gasteiger partial charge in [0.1, 0.15) is 22.1 Å². The summed E-state index contributed by atoms with van der Waals surface area (Å²) in [6.07, 6.45) is -0.496. The first-order valence-electron chi connectivity index (χ1n) is 5.69. The zero-order valence-corrected chi connectivity index (χ0v) is 12.1. The van der Waals surface area contributed by atoms with Crippen LogP contribution in [0.25, 0.3) is 0 Å². The lowest BCUT2D eigenvalue weighted by Crippen LogP contribution is -2.49. The number of nitrogens with zero attached hydrogens (tertiary/aromatic N) is 1. The summed E-state index contributed by atoms with van der Waals surface area (Å²) >= 11 is 6.60. The number of thiocarbonyl (C=S) groups is 1. The molecule has 0 spiro atoms. The van der Waals surface area contributed by atoms with Crippen molar-refractivity contribution in [2.45, 2.75) is 31.3 Å². The van der Waals surface area contributed by atoms with Crippen molar-refractivity contribution in [3.63, 3.8) is 0 Å². The Labute approximate surface area is 119 Å². The summed E-state index contributed by atoms with van der Waals surface area (Å²) in [5.74, 6) is -1.23. The molecule has 0 aliphatic carbocycles. The fourth-order valence-corrected chi connectivity index (χ4v) is 3.90. The Hall–Kier alpha value is -0.760. The third-order valence-corrected chi connectivity index (χ3v) is 4.71. The number of benzene rings is 1. The number of halogens is 2. The summed E-state index contributed by atoms with van der Waals surface area (Å²) in [6, 6.07) is 3.73. The van der Waals surface area contributed by atoms with Gasteiger partial charge in [0.2, 0.25) is 0 Å². The first-order valence-corrected chi connectivity index (χ1v) is 6.91. The molecule has 0 aromatic heterocycles. The Bertz CT molecular complexity index is 490. The second-order valence-corrected chi connectivity index (χ2v) is 7.12. The largest absolute Gasteiger partial charge is 0.334 e. The van der Waals surface area contributed by atoms with Gasteiger partial charge in [-0.1, -0.05) is 30.0 Å². The molecule has 1 saturated heterocycles. The van der Waals surface area contributed by atoms with Gasteiger partial charge in [-0.3, -0.25) is 0 Å². The van der Waals surface area contributed by atoms with E-state index in [0.717, 1.165) is 0 Å². The summed E-state index contributed by atoms with van der Waals surface area (Å²) in [4.78, 5) is 1.58. The van der Waals surface area contributed by atoms with Gasteiger partial charge in [-0.2, -0.15) is 5.48 Å². The molecule has 1 heterocycles. The van der Waals surface area contributed by atoms with Gasteiger partial charge >= 0.3 is 0 Å². The van der Waals surface area contributed by atoms with E-state index in [1.807, 2.05) is 13.8 Å². The normalized spacial score (nSPS) is 22.1. The van der Waals surface area contributed by atoms with Gasteiger partial charge in [0.25, 0.3) is 0 Å². The molecule has 19 heavy (non-hydrogen) atoms. The molecular formula is C12H14F2N2OS2.